The Morgan fingerprint density at radius 3 is 2.53 bits per heavy atom. The van der Waals surface area contributed by atoms with Gasteiger partial charge in [0.25, 0.3) is 0 Å². The minimum absolute atomic E-state index is 0.362. The highest BCUT2D eigenvalue weighted by molar-refractivity contribution is 5.43. The van der Waals surface area contributed by atoms with Gasteiger partial charge in [-0.05, 0) is 63.8 Å². The van der Waals surface area contributed by atoms with E-state index in [1.54, 1.807) is 0 Å². The fourth-order valence-corrected chi connectivity index (χ4v) is 3.95. The molecule has 0 aliphatic heterocycles. The summed E-state index contributed by atoms with van der Waals surface area (Å²) in [7, 11) is 0. The lowest BCUT2D eigenvalue weighted by Crippen LogP contribution is -2.34. The van der Waals surface area contributed by atoms with Crippen LogP contribution in [-0.4, -0.2) is 38.5 Å². The average Bonchev–Trinajstić information content (AvgIpc) is 3.60. The maximum atomic E-state index is 10.5. The number of aliphatic hydroxyl groups is 1. The third-order valence-electron chi connectivity index (χ3n) is 5.95. The Hall–Kier alpha value is -2.89. The zero-order chi connectivity index (χ0) is 22.5. The van der Waals surface area contributed by atoms with Crippen LogP contribution in [-0.2, 0) is 6.54 Å². The molecule has 1 fully saturated rings. The number of hydrogen-bond donors (Lipinski definition) is 1. The Kier molecular flexibility index (Phi) is 7.08. The monoisotopic (exact) mass is 431 g/mol. The molecule has 168 valence electrons. The van der Waals surface area contributed by atoms with E-state index in [1.165, 1.54) is 18.4 Å². The molecule has 0 saturated heterocycles. The quantitative estimate of drug-likeness (QED) is 0.403. The number of benzene rings is 2. The summed E-state index contributed by atoms with van der Waals surface area (Å²) in [6.07, 6.45) is 5.42. The van der Waals surface area contributed by atoms with Crippen molar-refractivity contribution in [1.29, 1.82) is 0 Å². The molecule has 5 heteroatoms. The van der Waals surface area contributed by atoms with Gasteiger partial charge >= 0.3 is 0 Å². The first-order valence-electron chi connectivity index (χ1n) is 11.5. The molecule has 1 aliphatic rings. The van der Waals surface area contributed by atoms with Crippen molar-refractivity contribution in [2.24, 2.45) is 0 Å². The molecule has 1 atom stereocenters. The minimum atomic E-state index is -0.362. The maximum absolute atomic E-state index is 10.5. The average molecular weight is 432 g/mol. The molecule has 3 aromatic rings. The second-order valence-electron chi connectivity index (χ2n) is 8.71. The molecule has 1 aromatic heterocycles. The molecule has 1 aliphatic carbocycles. The summed E-state index contributed by atoms with van der Waals surface area (Å²) in [5.41, 5.74) is 4.17. The molecule has 0 spiro atoms. The first-order chi connectivity index (χ1) is 15.5. The van der Waals surface area contributed by atoms with Crippen molar-refractivity contribution in [2.75, 3.05) is 6.54 Å². The van der Waals surface area contributed by atoms with Crippen LogP contribution in [0.1, 0.15) is 42.5 Å². The van der Waals surface area contributed by atoms with Crippen LogP contribution in [0.25, 0.3) is 5.69 Å². The van der Waals surface area contributed by atoms with Crippen molar-refractivity contribution in [3.63, 3.8) is 0 Å². The van der Waals surface area contributed by atoms with Crippen molar-refractivity contribution in [1.82, 2.24) is 14.7 Å². The zero-order valence-electron chi connectivity index (χ0n) is 19.1. The molecule has 32 heavy (non-hydrogen) atoms. The molecule has 1 saturated carbocycles. The lowest BCUT2D eigenvalue weighted by atomic mass is 10.1. The zero-order valence-corrected chi connectivity index (χ0v) is 19.1. The molecule has 0 bridgehead atoms. The van der Waals surface area contributed by atoms with Crippen LogP contribution in [0.4, 0.5) is 0 Å². The van der Waals surface area contributed by atoms with E-state index in [4.69, 9.17) is 9.84 Å². The minimum Gasteiger partial charge on any atom is -0.439 e. The largest absolute Gasteiger partial charge is 0.439 e. The summed E-state index contributed by atoms with van der Waals surface area (Å²) in [6, 6.07) is 18.7. The molecular weight excluding hydrogens is 398 g/mol. The molecular formula is C27H33N3O2. The maximum Gasteiger partial charge on any atom is 0.227 e. The molecule has 2 aromatic carbocycles. The second kappa shape index (κ2) is 10.2. The number of aryl methyl sites for hydroxylation is 2. The van der Waals surface area contributed by atoms with Gasteiger partial charge in [-0.3, -0.25) is 4.90 Å². The van der Waals surface area contributed by atoms with E-state index in [9.17, 15) is 5.11 Å². The van der Waals surface area contributed by atoms with E-state index >= 15 is 0 Å². The van der Waals surface area contributed by atoms with E-state index in [0.717, 1.165) is 41.4 Å². The van der Waals surface area contributed by atoms with Gasteiger partial charge in [0.05, 0.1) is 23.0 Å². The van der Waals surface area contributed by atoms with Gasteiger partial charge in [0.1, 0.15) is 5.75 Å². The second-order valence-corrected chi connectivity index (χ2v) is 8.71. The number of aromatic nitrogens is 2. The number of aliphatic hydroxyl groups excluding tert-OH is 1. The number of hydrogen-bond acceptors (Lipinski definition) is 4. The number of allylic oxidation sites excluding steroid dienone is 1. The Bertz CT molecular complexity index is 1020. The summed E-state index contributed by atoms with van der Waals surface area (Å²) < 4.78 is 8.33. The molecule has 0 radical (unpaired) electrons. The van der Waals surface area contributed by atoms with E-state index in [2.05, 4.69) is 30.5 Å². The van der Waals surface area contributed by atoms with Gasteiger partial charge in [-0.2, -0.15) is 5.10 Å². The molecule has 4 rings (SSSR count). The summed E-state index contributed by atoms with van der Waals surface area (Å²) in [6.45, 7) is 9.24. The van der Waals surface area contributed by atoms with E-state index < -0.39 is 0 Å². The first-order valence-corrected chi connectivity index (χ1v) is 11.5. The summed E-state index contributed by atoms with van der Waals surface area (Å²) in [5.74, 6) is 1.53. The van der Waals surface area contributed by atoms with Crippen LogP contribution < -0.4 is 4.74 Å². The molecule has 0 amide bonds. The lowest BCUT2D eigenvalue weighted by molar-refractivity contribution is 0.0975. The van der Waals surface area contributed by atoms with Crippen molar-refractivity contribution in [3.05, 3.63) is 84.1 Å². The normalized spacial score (nSPS) is 14.5. The Morgan fingerprint density at radius 1 is 1.16 bits per heavy atom. The topological polar surface area (TPSA) is 50.5 Å². The van der Waals surface area contributed by atoms with Gasteiger partial charge < -0.3 is 9.84 Å². The highest BCUT2D eigenvalue weighted by Gasteiger charge is 2.32. The summed E-state index contributed by atoms with van der Waals surface area (Å²) >= 11 is 0. The number of nitrogens with zero attached hydrogens (tertiary/aromatic N) is 3. The van der Waals surface area contributed by atoms with E-state index in [1.807, 2.05) is 60.1 Å². The van der Waals surface area contributed by atoms with Gasteiger partial charge in [0.2, 0.25) is 5.88 Å². The van der Waals surface area contributed by atoms with Crippen LogP contribution >= 0.6 is 0 Å². The lowest BCUT2D eigenvalue weighted by Gasteiger charge is -2.25. The SMILES string of the molecule is C=CCCC(O)CN(Cc1c(C)nn(-c2ccccc2)c1Oc1ccc(C)cc1)C1CC1. The predicted octanol–water partition coefficient (Wildman–Crippen LogP) is 5.57. The van der Waals surface area contributed by atoms with Crippen molar-refractivity contribution >= 4 is 0 Å². The van der Waals surface area contributed by atoms with Crippen LogP contribution in [0.3, 0.4) is 0 Å². The number of para-hydroxylation sites is 1. The number of ether oxygens (including phenoxy) is 1. The Balaban J connectivity index is 1.66. The van der Waals surface area contributed by atoms with Crippen LogP contribution in [0.2, 0.25) is 0 Å². The smallest absolute Gasteiger partial charge is 0.227 e. The third kappa shape index (κ3) is 5.47. The highest BCUT2D eigenvalue weighted by Crippen LogP contribution is 2.35. The van der Waals surface area contributed by atoms with Gasteiger partial charge in [0.15, 0.2) is 0 Å². The Morgan fingerprint density at radius 2 is 1.88 bits per heavy atom. The molecule has 5 nitrogen and oxygen atoms in total. The van der Waals surface area contributed by atoms with Crippen molar-refractivity contribution in [3.8, 4) is 17.3 Å². The van der Waals surface area contributed by atoms with Gasteiger partial charge in [-0.25, -0.2) is 4.68 Å². The van der Waals surface area contributed by atoms with E-state index in [0.29, 0.717) is 19.1 Å². The van der Waals surface area contributed by atoms with E-state index in [-0.39, 0.29) is 6.10 Å². The number of rotatable bonds is 11. The van der Waals surface area contributed by atoms with Crippen LogP contribution in [0, 0.1) is 13.8 Å². The standard InChI is InChI=1S/C27H33N3O2/c1-4-5-11-24(31)18-29(22-14-15-22)19-26-21(3)28-30(23-9-7-6-8-10-23)27(26)32-25-16-12-20(2)13-17-25/h4,6-10,12-13,16-17,22,24,31H,1,5,11,14-15,18-19H2,2-3H3. The third-order valence-corrected chi connectivity index (χ3v) is 5.95. The van der Waals surface area contributed by atoms with Crippen LogP contribution in [0.5, 0.6) is 11.6 Å². The Labute approximate surface area is 191 Å². The van der Waals surface area contributed by atoms with Crippen LogP contribution in [0.15, 0.2) is 67.3 Å². The molecule has 1 heterocycles. The fraction of sp³-hybridized carbons (Fsp3) is 0.370. The first kappa shape index (κ1) is 22.3. The van der Waals surface area contributed by atoms with Crippen molar-refractivity contribution in [2.45, 2.75) is 58.2 Å². The van der Waals surface area contributed by atoms with Crippen molar-refractivity contribution < 1.29 is 9.84 Å². The highest BCUT2D eigenvalue weighted by atomic mass is 16.5. The van der Waals surface area contributed by atoms with Gasteiger partial charge in [0, 0.05) is 19.1 Å². The summed E-state index contributed by atoms with van der Waals surface area (Å²) in [4.78, 5) is 2.38. The predicted molar refractivity (Wildman–Crippen MR) is 128 cm³/mol. The fourth-order valence-electron chi connectivity index (χ4n) is 3.95. The van der Waals surface area contributed by atoms with Gasteiger partial charge in [-0.1, -0.05) is 42.0 Å². The molecule has 1 N–H and O–H groups in total. The van der Waals surface area contributed by atoms with Gasteiger partial charge in [-0.15, -0.1) is 6.58 Å². The summed E-state index contributed by atoms with van der Waals surface area (Å²) in [5, 5.41) is 15.4. The molecule has 1 unspecified atom stereocenters.